The standard InChI is InChI=1S/C9H9F2NO2/c1-14-7-4-2-6(3-5-7)8(13)9(10,11)12/h2-5H,12H2,1H3. The molecule has 0 aliphatic heterocycles. The zero-order valence-electron chi connectivity index (χ0n) is 7.46. The lowest BCUT2D eigenvalue weighted by Gasteiger charge is -2.08. The minimum absolute atomic E-state index is 0.140. The first-order chi connectivity index (χ1) is 6.45. The van der Waals surface area contributed by atoms with Gasteiger partial charge in [-0.15, -0.1) is 0 Å². The highest BCUT2D eigenvalue weighted by molar-refractivity contribution is 6.00. The molecule has 0 amide bonds. The van der Waals surface area contributed by atoms with E-state index in [4.69, 9.17) is 4.74 Å². The molecule has 1 aromatic rings. The van der Waals surface area contributed by atoms with Crippen LogP contribution in [0, 0.1) is 0 Å². The first-order valence-electron chi connectivity index (χ1n) is 3.80. The molecule has 0 fully saturated rings. The van der Waals surface area contributed by atoms with Gasteiger partial charge in [-0.3, -0.25) is 10.5 Å². The average Bonchev–Trinajstić information content (AvgIpc) is 2.15. The van der Waals surface area contributed by atoms with Crippen LogP contribution in [0.15, 0.2) is 24.3 Å². The van der Waals surface area contributed by atoms with Crippen LogP contribution in [0.3, 0.4) is 0 Å². The van der Waals surface area contributed by atoms with Gasteiger partial charge in [-0.2, -0.15) is 8.78 Å². The third kappa shape index (κ3) is 2.26. The van der Waals surface area contributed by atoms with Crippen molar-refractivity contribution in [1.29, 1.82) is 0 Å². The highest BCUT2D eigenvalue weighted by Crippen LogP contribution is 2.17. The summed E-state index contributed by atoms with van der Waals surface area (Å²) in [4.78, 5) is 11.0. The summed E-state index contributed by atoms with van der Waals surface area (Å²) in [5.41, 5.74) is 4.23. The number of carbonyl (C=O) groups is 1. The number of halogens is 2. The Bertz CT molecular complexity index is 330. The monoisotopic (exact) mass is 201 g/mol. The fourth-order valence-corrected chi connectivity index (χ4v) is 0.935. The maximum absolute atomic E-state index is 12.4. The minimum Gasteiger partial charge on any atom is -0.497 e. The van der Waals surface area contributed by atoms with Gasteiger partial charge in [0.2, 0.25) is 5.78 Å². The third-order valence-electron chi connectivity index (χ3n) is 1.65. The predicted octanol–water partition coefficient (Wildman–Crippen LogP) is 1.43. The van der Waals surface area contributed by atoms with E-state index in [9.17, 15) is 13.6 Å². The topological polar surface area (TPSA) is 52.3 Å². The van der Waals surface area contributed by atoms with E-state index < -0.39 is 11.8 Å². The summed E-state index contributed by atoms with van der Waals surface area (Å²) in [6, 6.07) is 1.48. The van der Waals surface area contributed by atoms with Gasteiger partial charge in [0.1, 0.15) is 5.75 Å². The largest absolute Gasteiger partial charge is 0.497 e. The summed E-state index contributed by atoms with van der Waals surface area (Å²) < 4.78 is 29.6. The normalized spacial score (nSPS) is 11.1. The van der Waals surface area contributed by atoms with Gasteiger partial charge in [0.05, 0.1) is 7.11 Å². The Balaban J connectivity index is 2.93. The van der Waals surface area contributed by atoms with Crippen LogP contribution in [-0.2, 0) is 0 Å². The molecule has 76 valence electrons. The van der Waals surface area contributed by atoms with Gasteiger partial charge in [-0.25, -0.2) is 0 Å². The van der Waals surface area contributed by atoms with Gasteiger partial charge in [-0.05, 0) is 24.3 Å². The zero-order valence-corrected chi connectivity index (χ0v) is 7.46. The molecule has 5 heteroatoms. The maximum atomic E-state index is 12.4. The van der Waals surface area contributed by atoms with Crippen molar-refractivity contribution in [2.75, 3.05) is 7.11 Å². The number of nitrogens with two attached hydrogens (primary N) is 1. The molecule has 0 atom stereocenters. The zero-order chi connectivity index (χ0) is 10.8. The first kappa shape index (κ1) is 10.6. The highest BCUT2D eigenvalue weighted by Gasteiger charge is 2.33. The van der Waals surface area contributed by atoms with Crippen molar-refractivity contribution in [2.45, 2.75) is 6.05 Å². The number of rotatable bonds is 3. The molecule has 0 saturated heterocycles. The SMILES string of the molecule is COc1ccc(C(=O)C(N)(F)F)cc1. The third-order valence-corrected chi connectivity index (χ3v) is 1.65. The van der Waals surface area contributed by atoms with Crippen LogP contribution in [0.1, 0.15) is 10.4 Å². The van der Waals surface area contributed by atoms with E-state index in [0.717, 1.165) is 0 Å². The molecule has 0 bridgehead atoms. The van der Waals surface area contributed by atoms with E-state index >= 15 is 0 Å². The number of hydrogen-bond donors (Lipinski definition) is 1. The smallest absolute Gasteiger partial charge is 0.363 e. The van der Waals surface area contributed by atoms with E-state index in [-0.39, 0.29) is 5.56 Å². The number of benzene rings is 1. The van der Waals surface area contributed by atoms with Crippen molar-refractivity contribution >= 4 is 5.78 Å². The van der Waals surface area contributed by atoms with Gasteiger partial charge in [0, 0.05) is 5.56 Å². The van der Waals surface area contributed by atoms with E-state index in [1.54, 1.807) is 0 Å². The van der Waals surface area contributed by atoms with Crippen molar-refractivity contribution < 1.29 is 18.3 Å². The molecule has 0 unspecified atom stereocenters. The molecule has 0 heterocycles. The number of ether oxygens (including phenoxy) is 1. The van der Waals surface area contributed by atoms with E-state index in [2.05, 4.69) is 5.73 Å². The number of alkyl halides is 2. The van der Waals surface area contributed by atoms with Gasteiger partial charge in [0.25, 0.3) is 0 Å². The number of hydrogen-bond acceptors (Lipinski definition) is 3. The molecule has 1 aromatic carbocycles. The van der Waals surface area contributed by atoms with Crippen molar-refractivity contribution in [3.63, 3.8) is 0 Å². The summed E-state index contributed by atoms with van der Waals surface area (Å²) >= 11 is 0. The molecule has 1 rings (SSSR count). The Labute approximate surface area is 79.5 Å². The number of ketones is 1. The number of carbonyl (C=O) groups excluding carboxylic acids is 1. The molecule has 0 saturated carbocycles. The van der Waals surface area contributed by atoms with Gasteiger partial charge >= 0.3 is 6.05 Å². The van der Waals surface area contributed by atoms with Crippen LogP contribution in [-0.4, -0.2) is 18.9 Å². The molecule has 0 radical (unpaired) electrons. The Morgan fingerprint density at radius 2 is 1.86 bits per heavy atom. The Kier molecular flexibility index (Phi) is 2.81. The summed E-state index contributed by atoms with van der Waals surface area (Å²) in [6.07, 6.45) is 0. The Hall–Kier alpha value is -1.49. The quantitative estimate of drug-likeness (QED) is 0.594. The predicted molar refractivity (Wildman–Crippen MR) is 46.5 cm³/mol. The molecule has 3 nitrogen and oxygen atoms in total. The molecule has 14 heavy (non-hydrogen) atoms. The second-order valence-electron chi connectivity index (χ2n) is 2.68. The van der Waals surface area contributed by atoms with Crippen LogP contribution >= 0.6 is 0 Å². The minimum atomic E-state index is -3.82. The number of methoxy groups -OCH3 is 1. The van der Waals surface area contributed by atoms with Crippen LogP contribution in [0.25, 0.3) is 0 Å². The van der Waals surface area contributed by atoms with E-state index in [0.29, 0.717) is 5.75 Å². The summed E-state index contributed by atoms with van der Waals surface area (Å²) in [5, 5.41) is 0. The second-order valence-corrected chi connectivity index (χ2v) is 2.68. The van der Waals surface area contributed by atoms with Crippen molar-refractivity contribution in [3.05, 3.63) is 29.8 Å². The molecular weight excluding hydrogens is 192 g/mol. The van der Waals surface area contributed by atoms with Crippen LogP contribution < -0.4 is 10.5 Å². The molecular formula is C9H9F2NO2. The van der Waals surface area contributed by atoms with Gasteiger partial charge < -0.3 is 4.74 Å². The molecule has 2 N–H and O–H groups in total. The van der Waals surface area contributed by atoms with Crippen molar-refractivity contribution in [3.8, 4) is 5.75 Å². The lowest BCUT2D eigenvalue weighted by Crippen LogP contribution is -2.38. The van der Waals surface area contributed by atoms with E-state index in [1.165, 1.54) is 31.4 Å². The lowest BCUT2D eigenvalue weighted by molar-refractivity contribution is 0.0145. The maximum Gasteiger partial charge on any atom is 0.363 e. The molecule has 0 spiro atoms. The van der Waals surface area contributed by atoms with Crippen molar-refractivity contribution in [1.82, 2.24) is 0 Å². The molecule has 0 aliphatic rings. The lowest BCUT2D eigenvalue weighted by atomic mass is 10.1. The van der Waals surface area contributed by atoms with Crippen LogP contribution in [0.2, 0.25) is 0 Å². The number of Topliss-reactive ketones (excluding diaryl/α,β-unsaturated/α-hetero) is 1. The highest BCUT2D eigenvalue weighted by atomic mass is 19.3. The average molecular weight is 201 g/mol. The second kappa shape index (κ2) is 3.71. The molecule has 0 aromatic heterocycles. The Morgan fingerprint density at radius 3 is 2.21 bits per heavy atom. The fourth-order valence-electron chi connectivity index (χ4n) is 0.935. The summed E-state index contributed by atoms with van der Waals surface area (Å²) in [6.45, 7) is 0. The van der Waals surface area contributed by atoms with E-state index in [1.807, 2.05) is 0 Å². The van der Waals surface area contributed by atoms with Gasteiger partial charge in [0.15, 0.2) is 0 Å². The van der Waals surface area contributed by atoms with Crippen LogP contribution in [0.5, 0.6) is 5.75 Å². The fraction of sp³-hybridized carbons (Fsp3) is 0.222. The summed E-state index contributed by atoms with van der Waals surface area (Å²) in [7, 11) is 1.44. The molecule has 0 aliphatic carbocycles. The summed E-state index contributed by atoms with van der Waals surface area (Å²) in [5.74, 6) is -0.915. The van der Waals surface area contributed by atoms with Crippen LogP contribution in [0.4, 0.5) is 8.78 Å². The Morgan fingerprint density at radius 1 is 1.36 bits per heavy atom. The first-order valence-corrected chi connectivity index (χ1v) is 3.80. The van der Waals surface area contributed by atoms with Gasteiger partial charge in [-0.1, -0.05) is 0 Å². The van der Waals surface area contributed by atoms with Crippen molar-refractivity contribution in [2.24, 2.45) is 5.73 Å².